The number of rotatable bonds is 8. The van der Waals surface area contributed by atoms with Crippen LogP contribution in [0.4, 0.5) is 5.82 Å². The maximum absolute atomic E-state index is 13.1. The van der Waals surface area contributed by atoms with Crippen molar-refractivity contribution in [1.29, 1.82) is 0 Å². The van der Waals surface area contributed by atoms with Crippen molar-refractivity contribution in [3.05, 3.63) is 36.0 Å². The lowest BCUT2D eigenvalue weighted by molar-refractivity contribution is -0.123. The Morgan fingerprint density at radius 2 is 1.92 bits per heavy atom. The molecule has 0 bridgehead atoms. The Hall–Kier alpha value is -2.74. The van der Waals surface area contributed by atoms with Crippen LogP contribution in [0.3, 0.4) is 0 Å². The van der Waals surface area contributed by atoms with Crippen LogP contribution >= 0.6 is 0 Å². The fraction of sp³-hybridized carbons (Fsp3) is 0.667. The molecule has 7 atom stereocenters. The van der Waals surface area contributed by atoms with Crippen LogP contribution < -0.4 is 21.3 Å². The average Bonchev–Trinajstić information content (AvgIpc) is 3.23. The van der Waals surface area contributed by atoms with Crippen LogP contribution in [0.25, 0.3) is 0 Å². The molecule has 0 aromatic carbocycles. The lowest BCUT2D eigenvalue weighted by atomic mass is 9.48. The molecule has 0 spiro atoms. The van der Waals surface area contributed by atoms with Gasteiger partial charge < -0.3 is 21.3 Å². The lowest BCUT2D eigenvalue weighted by Crippen LogP contribution is -2.59. The van der Waals surface area contributed by atoms with Crippen LogP contribution in [-0.4, -0.2) is 48.4 Å². The van der Waals surface area contributed by atoms with Gasteiger partial charge in [-0.1, -0.05) is 26.8 Å². The van der Waals surface area contributed by atoms with E-state index < -0.39 is 0 Å². The second-order valence-electron chi connectivity index (χ2n) is 12.3. The Kier molecular flexibility index (Phi) is 7.63. The van der Waals surface area contributed by atoms with E-state index >= 15 is 0 Å². The first kappa shape index (κ1) is 26.9. The summed E-state index contributed by atoms with van der Waals surface area (Å²) in [6.45, 7) is 8.94. The minimum absolute atomic E-state index is 0.00272. The molecule has 38 heavy (non-hydrogen) atoms. The van der Waals surface area contributed by atoms with Crippen molar-refractivity contribution in [2.75, 3.05) is 25.0 Å². The Labute approximate surface area is 226 Å². The number of carbonyl (C=O) groups is 3. The van der Waals surface area contributed by atoms with Gasteiger partial charge in [0.15, 0.2) is 0 Å². The third kappa shape index (κ3) is 4.99. The summed E-state index contributed by atoms with van der Waals surface area (Å²) < 4.78 is 0. The number of pyridine rings is 1. The minimum Gasteiger partial charge on any atom is -0.351 e. The molecule has 3 fully saturated rings. The van der Waals surface area contributed by atoms with Gasteiger partial charge in [0.05, 0.1) is 5.56 Å². The molecule has 1 aliphatic heterocycles. The molecular weight excluding hydrogens is 478 g/mol. The molecule has 8 nitrogen and oxygen atoms in total. The van der Waals surface area contributed by atoms with Gasteiger partial charge in [0.1, 0.15) is 5.82 Å². The fourth-order valence-electron chi connectivity index (χ4n) is 8.34. The topological polar surface area (TPSA) is 112 Å². The molecule has 0 unspecified atom stereocenters. The normalized spacial score (nSPS) is 35.4. The third-order valence-corrected chi connectivity index (χ3v) is 10.4. The molecule has 2 heterocycles. The van der Waals surface area contributed by atoms with Crippen molar-refractivity contribution in [3.8, 4) is 0 Å². The third-order valence-electron chi connectivity index (χ3n) is 10.4. The van der Waals surface area contributed by atoms with E-state index in [-0.39, 0.29) is 34.6 Å². The van der Waals surface area contributed by atoms with E-state index in [1.807, 2.05) is 6.92 Å². The van der Waals surface area contributed by atoms with Crippen molar-refractivity contribution in [2.24, 2.45) is 34.5 Å². The number of hydrogen-bond donors (Lipinski definition) is 4. The maximum Gasteiger partial charge on any atom is 0.252 e. The summed E-state index contributed by atoms with van der Waals surface area (Å²) in [5.41, 5.74) is 0.693. The van der Waals surface area contributed by atoms with Gasteiger partial charge in [0.25, 0.3) is 5.91 Å². The second kappa shape index (κ2) is 10.8. The molecule has 8 heteroatoms. The largest absolute Gasteiger partial charge is 0.351 e. The van der Waals surface area contributed by atoms with Crippen LogP contribution in [0, 0.1) is 34.5 Å². The number of nitrogens with zero attached hydrogens (tertiary/aromatic N) is 1. The standard InChI is InChI=1S/C30H43N5O3/c1-4-31-15-16-32-28(38)19-5-10-25(33-18-19)35-27(37)17-20-6-8-22-21-7-9-24-30(3,14-12-26(36)34-24)23(21)11-13-29(20,22)2/h5,10,12,14,18,20-24,31H,4,6-9,11,13,15-17H2,1-3H3,(H,32,38)(H,34,36)(H,33,35,37)/t20-,21+,22+,23+,24-,29-,30-/m1/s1. The summed E-state index contributed by atoms with van der Waals surface area (Å²) in [5, 5.41) is 12.2. The molecule has 3 saturated carbocycles. The number of anilines is 1. The zero-order valence-corrected chi connectivity index (χ0v) is 23.0. The zero-order chi connectivity index (χ0) is 26.9. The number of fused-ring (bicyclic) bond motifs is 5. The van der Waals surface area contributed by atoms with Crippen LogP contribution in [0.1, 0.15) is 76.1 Å². The quantitative estimate of drug-likeness (QED) is 0.390. The van der Waals surface area contributed by atoms with Crippen molar-refractivity contribution < 1.29 is 14.4 Å². The summed E-state index contributed by atoms with van der Waals surface area (Å²) >= 11 is 0. The fourth-order valence-corrected chi connectivity index (χ4v) is 8.34. The number of nitrogens with one attached hydrogen (secondary N) is 4. The van der Waals surface area contributed by atoms with E-state index in [4.69, 9.17) is 0 Å². The van der Waals surface area contributed by atoms with Gasteiger partial charge in [0.2, 0.25) is 11.8 Å². The summed E-state index contributed by atoms with van der Waals surface area (Å²) in [5.74, 6) is 2.61. The molecule has 4 N–H and O–H groups in total. The minimum atomic E-state index is -0.164. The van der Waals surface area contributed by atoms with E-state index in [1.165, 1.54) is 12.6 Å². The van der Waals surface area contributed by atoms with Crippen LogP contribution in [0.5, 0.6) is 0 Å². The van der Waals surface area contributed by atoms with Crippen LogP contribution in [-0.2, 0) is 9.59 Å². The molecular formula is C30H43N5O3. The highest BCUT2D eigenvalue weighted by atomic mass is 16.2. The lowest BCUT2D eigenvalue weighted by Gasteiger charge is -2.59. The van der Waals surface area contributed by atoms with E-state index in [0.29, 0.717) is 48.0 Å². The van der Waals surface area contributed by atoms with Gasteiger partial charge in [-0.15, -0.1) is 0 Å². The Morgan fingerprint density at radius 1 is 1.08 bits per heavy atom. The smallest absolute Gasteiger partial charge is 0.252 e. The number of hydrogen-bond acceptors (Lipinski definition) is 5. The first-order valence-electron chi connectivity index (χ1n) is 14.5. The van der Waals surface area contributed by atoms with Crippen LogP contribution in [0.15, 0.2) is 30.5 Å². The Morgan fingerprint density at radius 3 is 2.68 bits per heavy atom. The highest BCUT2D eigenvalue weighted by Gasteiger charge is 2.59. The van der Waals surface area contributed by atoms with Gasteiger partial charge in [-0.3, -0.25) is 14.4 Å². The molecule has 4 aliphatic rings. The first-order valence-corrected chi connectivity index (χ1v) is 14.5. The predicted molar refractivity (Wildman–Crippen MR) is 147 cm³/mol. The van der Waals surface area contributed by atoms with E-state index in [0.717, 1.165) is 45.2 Å². The average molecular weight is 522 g/mol. The molecule has 0 saturated heterocycles. The number of aromatic nitrogens is 1. The second-order valence-corrected chi connectivity index (χ2v) is 12.3. The molecule has 1 aromatic rings. The molecule has 3 aliphatic carbocycles. The SMILES string of the molecule is CCNCCNC(=O)c1ccc(NC(=O)C[C@H]2CC[C@H]3[C@@H]4CC[C@H]5NC(=O)C=C[C@]5(C)[C@H]4CC[C@]23C)nc1. The van der Waals surface area contributed by atoms with E-state index in [2.05, 4.69) is 46.2 Å². The van der Waals surface area contributed by atoms with Crippen LogP contribution in [0.2, 0.25) is 0 Å². The van der Waals surface area contributed by atoms with E-state index in [1.54, 1.807) is 18.2 Å². The van der Waals surface area contributed by atoms with Crippen molar-refractivity contribution in [3.63, 3.8) is 0 Å². The summed E-state index contributed by atoms with van der Waals surface area (Å²) in [6, 6.07) is 3.66. The monoisotopic (exact) mass is 521 g/mol. The van der Waals surface area contributed by atoms with Crippen molar-refractivity contribution in [2.45, 2.75) is 71.8 Å². The summed E-state index contributed by atoms with van der Waals surface area (Å²) in [6.07, 6.45) is 12.7. The van der Waals surface area contributed by atoms with Gasteiger partial charge in [-0.05, 0) is 92.4 Å². The highest BCUT2D eigenvalue weighted by molar-refractivity contribution is 5.95. The number of likely N-dealkylation sites (N-methyl/N-ethyl adjacent to an activating group) is 1. The van der Waals surface area contributed by atoms with Gasteiger partial charge in [-0.2, -0.15) is 0 Å². The predicted octanol–water partition coefficient (Wildman–Crippen LogP) is 3.66. The van der Waals surface area contributed by atoms with Gasteiger partial charge in [0, 0.05) is 37.2 Å². The summed E-state index contributed by atoms with van der Waals surface area (Å²) in [4.78, 5) is 41.6. The zero-order valence-electron chi connectivity index (χ0n) is 23.0. The molecule has 206 valence electrons. The Balaban J connectivity index is 1.17. The Bertz CT molecular complexity index is 1090. The van der Waals surface area contributed by atoms with Crippen molar-refractivity contribution >= 4 is 23.5 Å². The molecule has 3 amide bonds. The van der Waals surface area contributed by atoms with Crippen molar-refractivity contribution in [1.82, 2.24) is 20.9 Å². The highest BCUT2D eigenvalue weighted by Crippen LogP contribution is 2.65. The maximum atomic E-state index is 13.1. The van der Waals surface area contributed by atoms with Gasteiger partial charge in [-0.25, -0.2) is 4.98 Å². The number of carbonyl (C=O) groups excluding carboxylic acids is 3. The molecule has 0 radical (unpaired) electrons. The van der Waals surface area contributed by atoms with E-state index in [9.17, 15) is 14.4 Å². The molecule has 1 aromatic heterocycles. The molecule has 5 rings (SSSR count). The summed E-state index contributed by atoms with van der Waals surface area (Å²) in [7, 11) is 0. The first-order chi connectivity index (χ1) is 18.2. The number of amides is 3. The van der Waals surface area contributed by atoms with Gasteiger partial charge >= 0.3 is 0 Å².